The van der Waals surface area contributed by atoms with Crippen molar-refractivity contribution in [3.8, 4) is 11.5 Å². The molecule has 0 saturated carbocycles. The highest BCUT2D eigenvalue weighted by Gasteiger charge is 2.28. The van der Waals surface area contributed by atoms with Crippen LogP contribution in [0.15, 0.2) is 47.8 Å². The summed E-state index contributed by atoms with van der Waals surface area (Å²) < 4.78 is 10.6. The molecule has 1 fully saturated rings. The van der Waals surface area contributed by atoms with Crippen molar-refractivity contribution in [1.82, 2.24) is 15.2 Å². The van der Waals surface area contributed by atoms with Crippen molar-refractivity contribution < 1.29 is 19.1 Å². The molecule has 0 atom stereocenters. The van der Waals surface area contributed by atoms with Gasteiger partial charge < -0.3 is 25.0 Å². The summed E-state index contributed by atoms with van der Waals surface area (Å²) in [5.74, 6) is 1.23. The predicted octanol–water partition coefficient (Wildman–Crippen LogP) is 4.42. The lowest BCUT2D eigenvalue weighted by atomic mass is 9.95. The number of piperidine rings is 1. The van der Waals surface area contributed by atoms with E-state index in [1.165, 1.54) is 16.9 Å². The molecule has 1 aromatic heterocycles. The van der Waals surface area contributed by atoms with Crippen LogP contribution in [0, 0.1) is 12.8 Å². The highest BCUT2D eigenvalue weighted by molar-refractivity contribution is 7.14. The van der Waals surface area contributed by atoms with E-state index in [0.29, 0.717) is 61.2 Å². The lowest BCUT2D eigenvalue weighted by molar-refractivity contribution is -0.126. The van der Waals surface area contributed by atoms with Crippen LogP contribution in [0.5, 0.6) is 11.5 Å². The van der Waals surface area contributed by atoms with Crippen LogP contribution in [0.1, 0.15) is 34.5 Å². The molecule has 0 aliphatic carbocycles. The highest BCUT2D eigenvalue weighted by atomic mass is 32.1. The maximum atomic E-state index is 12.9. The number of carbonyl (C=O) groups is 2. The second-order valence-corrected chi connectivity index (χ2v) is 9.68. The molecule has 9 heteroatoms. The molecule has 0 spiro atoms. The molecular weight excluding hydrogens is 476 g/mol. The zero-order chi connectivity index (χ0) is 25.5. The Labute approximate surface area is 215 Å². The fourth-order valence-corrected chi connectivity index (χ4v) is 4.91. The zero-order valence-corrected chi connectivity index (χ0v) is 21.7. The van der Waals surface area contributed by atoms with Crippen molar-refractivity contribution in [2.24, 2.45) is 5.92 Å². The maximum absolute atomic E-state index is 12.9. The Morgan fingerprint density at radius 1 is 1.06 bits per heavy atom. The molecule has 2 aromatic carbocycles. The minimum Gasteiger partial charge on any atom is -0.493 e. The standard InChI is InChI=1S/C27H32N4O4S/c1-18-4-7-21(8-5-18)29-27-30-22(17-36-27)26(33)31-14-11-20(12-15-31)25(32)28-13-10-19-6-9-23(34-2)24(16-19)35-3/h4-9,16-17,20H,10-15H2,1-3H3,(H,28,32)(H,29,30). The summed E-state index contributed by atoms with van der Waals surface area (Å²) in [6, 6.07) is 13.8. The van der Waals surface area contributed by atoms with E-state index in [9.17, 15) is 9.59 Å². The Morgan fingerprint density at radius 3 is 2.47 bits per heavy atom. The third-order valence-electron chi connectivity index (χ3n) is 6.34. The first kappa shape index (κ1) is 25.5. The summed E-state index contributed by atoms with van der Waals surface area (Å²) in [6.07, 6.45) is 1.99. The fourth-order valence-electron chi connectivity index (χ4n) is 4.21. The van der Waals surface area contributed by atoms with Crippen molar-refractivity contribution in [3.63, 3.8) is 0 Å². The van der Waals surface area contributed by atoms with Gasteiger partial charge in [0.15, 0.2) is 16.6 Å². The molecule has 190 valence electrons. The number of likely N-dealkylation sites (tertiary alicyclic amines) is 1. The van der Waals surface area contributed by atoms with Crippen molar-refractivity contribution in [3.05, 3.63) is 64.7 Å². The average Bonchev–Trinajstić information content (AvgIpc) is 3.38. The van der Waals surface area contributed by atoms with E-state index < -0.39 is 0 Å². The topological polar surface area (TPSA) is 92.8 Å². The Balaban J connectivity index is 1.22. The number of hydrogen-bond acceptors (Lipinski definition) is 7. The maximum Gasteiger partial charge on any atom is 0.273 e. The van der Waals surface area contributed by atoms with E-state index in [-0.39, 0.29) is 17.7 Å². The molecule has 4 rings (SSSR count). The number of anilines is 2. The molecule has 2 N–H and O–H groups in total. The second kappa shape index (κ2) is 11.9. The van der Waals surface area contributed by atoms with E-state index in [4.69, 9.17) is 9.47 Å². The molecule has 2 heterocycles. The molecule has 0 unspecified atom stereocenters. The van der Waals surface area contributed by atoms with E-state index >= 15 is 0 Å². The normalized spacial score (nSPS) is 13.8. The summed E-state index contributed by atoms with van der Waals surface area (Å²) in [6.45, 7) is 3.68. The molecule has 36 heavy (non-hydrogen) atoms. The smallest absolute Gasteiger partial charge is 0.273 e. The quantitative estimate of drug-likeness (QED) is 0.444. The van der Waals surface area contributed by atoms with Gasteiger partial charge in [0.1, 0.15) is 5.69 Å². The summed E-state index contributed by atoms with van der Waals surface area (Å²) in [5.41, 5.74) is 3.62. The number of amides is 2. The van der Waals surface area contributed by atoms with Gasteiger partial charge in [0.05, 0.1) is 14.2 Å². The van der Waals surface area contributed by atoms with E-state index in [1.54, 1.807) is 24.5 Å². The number of hydrogen-bond donors (Lipinski definition) is 2. The monoisotopic (exact) mass is 508 g/mol. The Kier molecular flexibility index (Phi) is 8.43. The number of nitrogens with one attached hydrogen (secondary N) is 2. The summed E-state index contributed by atoms with van der Waals surface area (Å²) >= 11 is 1.41. The van der Waals surface area contributed by atoms with Crippen LogP contribution in [0.25, 0.3) is 0 Å². The molecule has 2 amide bonds. The van der Waals surface area contributed by atoms with Gasteiger partial charge in [0, 0.05) is 36.6 Å². The van der Waals surface area contributed by atoms with Gasteiger partial charge in [-0.1, -0.05) is 23.8 Å². The molecule has 0 bridgehead atoms. The predicted molar refractivity (Wildman–Crippen MR) is 141 cm³/mol. The third-order valence-corrected chi connectivity index (χ3v) is 7.10. The van der Waals surface area contributed by atoms with Crippen LogP contribution in [-0.4, -0.2) is 55.6 Å². The number of carbonyl (C=O) groups excluding carboxylic acids is 2. The second-order valence-electron chi connectivity index (χ2n) is 8.83. The van der Waals surface area contributed by atoms with Crippen LogP contribution in [0.3, 0.4) is 0 Å². The fraction of sp³-hybridized carbons (Fsp3) is 0.370. The number of benzene rings is 2. The van der Waals surface area contributed by atoms with Gasteiger partial charge in [0.25, 0.3) is 5.91 Å². The number of rotatable bonds is 9. The van der Waals surface area contributed by atoms with Gasteiger partial charge in [-0.2, -0.15) is 0 Å². The summed E-state index contributed by atoms with van der Waals surface area (Å²) in [4.78, 5) is 31.9. The van der Waals surface area contributed by atoms with Gasteiger partial charge in [-0.25, -0.2) is 4.98 Å². The molecule has 1 aliphatic heterocycles. The van der Waals surface area contributed by atoms with Crippen molar-refractivity contribution in [2.75, 3.05) is 39.2 Å². The Morgan fingerprint density at radius 2 is 1.78 bits per heavy atom. The minimum absolute atomic E-state index is 0.0424. The molecule has 1 saturated heterocycles. The highest BCUT2D eigenvalue weighted by Crippen LogP contribution is 2.28. The average molecular weight is 509 g/mol. The minimum atomic E-state index is -0.0892. The Hall–Kier alpha value is -3.59. The van der Waals surface area contributed by atoms with Crippen LogP contribution in [-0.2, 0) is 11.2 Å². The lowest BCUT2D eigenvalue weighted by Crippen LogP contribution is -2.43. The number of ether oxygens (including phenoxy) is 2. The SMILES string of the molecule is COc1ccc(CCNC(=O)C2CCN(C(=O)c3csc(Nc4ccc(C)cc4)n3)CC2)cc1OC. The summed E-state index contributed by atoms with van der Waals surface area (Å²) in [5, 5.41) is 8.75. The molecule has 1 aliphatic rings. The lowest BCUT2D eigenvalue weighted by Gasteiger charge is -2.30. The number of thiazole rings is 1. The Bertz CT molecular complexity index is 1190. The molecular formula is C27H32N4O4S. The van der Waals surface area contributed by atoms with E-state index in [1.807, 2.05) is 49.4 Å². The van der Waals surface area contributed by atoms with Crippen molar-refractivity contribution >= 4 is 34.0 Å². The molecule has 3 aromatic rings. The first-order chi connectivity index (χ1) is 17.5. The van der Waals surface area contributed by atoms with Gasteiger partial charge in [-0.15, -0.1) is 11.3 Å². The van der Waals surface area contributed by atoms with E-state index in [0.717, 1.165) is 11.3 Å². The number of nitrogens with zero attached hydrogens (tertiary/aromatic N) is 2. The van der Waals surface area contributed by atoms with Gasteiger partial charge in [0.2, 0.25) is 5.91 Å². The van der Waals surface area contributed by atoms with Crippen molar-refractivity contribution in [2.45, 2.75) is 26.2 Å². The zero-order valence-electron chi connectivity index (χ0n) is 20.9. The van der Waals surface area contributed by atoms with E-state index in [2.05, 4.69) is 15.6 Å². The summed E-state index contributed by atoms with van der Waals surface area (Å²) in [7, 11) is 3.21. The van der Waals surface area contributed by atoms with Gasteiger partial charge in [-0.3, -0.25) is 9.59 Å². The molecule has 8 nitrogen and oxygen atoms in total. The first-order valence-corrected chi connectivity index (χ1v) is 12.9. The molecule has 0 radical (unpaired) electrons. The first-order valence-electron chi connectivity index (χ1n) is 12.0. The van der Waals surface area contributed by atoms with Gasteiger partial charge in [-0.05, 0) is 56.0 Å². The number of methoxy groups -OCH3 is 2. The van der Waals surface area contributed by atoms with Crippen LogP contribution >= 0.6 is 11.3 Å². The largest absolute Gasteiger partial charge is 0.493 e. The van der Waals surface area contributed by atoms with Gasteiger partial charge >= 0.3 is 0 Å². The number of aromatic nitrogens is 1. The number of aryl methyl sites for hydroxylation is 1. The third kappa shape index (κ3) is 6.34. The van der Waals surface area contributed by atoms with Crippen molar-refractivity contribution in [1.29, 1.82) is 0 Å². The van der Waals surface area contributed by atoms with Crippen LogP contribution in [0.2, 0.25) is 0 Å². The van der Waals surface area contributed by atoms with Crippen LogP contribution in [0.4, 0.5) is 10.8 Å². The van der Waals surface area contributed by atoms with Crippen LogP contribution < -0.4 is 20.1 Å².